The summed E-state index contributed by atoms with van der Waals surface area (Å²) in [5, 5.41) is 5.70. The SMILES string of the molecule is Cc1nn(-c2ccc(F)cc2)c2nc(Cc3ccccc3)nc(N3CCCN(C(=O)CCc4ccccc4)CC3)c12. The minimum absolute atomic E-state index is 0.189. The molecule has 0 N–H and O–H groups in total. The van der Waals surface area contributed by atoms with E-state index in [1.54, 1.807) is 16.8 Å². The molecule has 6 rings (SSSR count). The summed E-state index contributed by atoms with van der Waals surface area (Å²) >= 11 is 0. The highest BCUT2D eigenvalue weighted by Crippen LogP contribution is 2.30. The van der Waals surface area contributed by atoms with E-state index < -0.39 is 0 Å². The van der Waals surface area contributed by atoms with Gasteiger partial charge in [0.25, 0.3) is 0 Å². The van der Waals surface area contributed by atoms with Crippen LogP contribution in [-0.4, -0.2) is 56.7 Å². The predicted octanol–water partition coefficient (Wildman–Crippen LogP) is 5.53. The number of fused-ring (bicyclic) bond motifs is 1. The number of carbonyl (C=O) groups is 1. The summed E-state index contributed by atoms with van der Waals surface area (Å²) < 4.78 is 15.5. The van der Waals surface area contributed by atoms with E-state index >= 15 is 0 Å². The Kier molecular flexibility index (Phi) is 7.71. The molecule has 7 nitrogen and oxygen atoms in total. The molecule has 208 valence electrons. The summed E-state index contributed by atoms with van der Waals surface area (Å²) in [4.78, 5) is 27.4. The minimum Gasteiger partial charge on any atom is -0.354 e. The van der Waals surface area contributed by atoms with Crippen molar-refractivity contribution < 1.29 is 9.18 Å². The fraction of sp³-hybridized carbons (Fsp3) is 0.273. The van der Waals surface area contributed by atoms with Crippen LogP contribution in [0.25, 0.3) is 16.7 Å². The van der Waals surface area contributed by atoms with Crippen molar-refractivity contribution in [2.45, 2.75) is 32.6 Å². The number of hydrogen-bond acceptors (Lipinski definition) is 5. The van der Waals surface area contributed by atoms with E-state index in [4.69, 9.17) is 15.1 Å². The Labute approximate surface area is 239 Å². The number of halogens is 1. The lowest BCUT2D eigenvalue weighted by atomic mass is 10.1. The lowest BCUT2D eigenvalue weighted by molar-refractivity contribution is -0.130. The average molecular weight is 549 g/mol. The third kappa shape index (κ3) is 5.96. The number of carbonyl (C=O) groups excluding carboxylic acids is 1. The highest BCUT2D eigenvalue weighted by molar-refractivity contribution is 5.91. The van der Waals surface area contributed by atoms with Crippen LogP contribution in [0.3, 0.4) is 0 Å². The fourth-order valence-corrected chi connectivity index (χ4v) is 5.49. The smallest absolute Gasteiger partial charge is 0.222 e. The molecule has 1 saturated heterocycles. The molecular formula is C33H33FN6O. The maximum Gasteiger partial charge on any atom is 0.222 e. The molecular weight excluding hydrogens is 515 g/mol. The number of rotatable bonds is 7. The van der Waals surface area contributed by atoms with Crippen LogP contribution >= 0.6 is 0 Å². The molecule has 0 spiro atoms. The van der Waals surface area contributed by atoms with Crippen LogP contribution in [0.4, 0.5) is 10.2 Å². The summed E-state index contributed by atoms with van der Waals surface area (Å²) in [5.74, 6) is 1.43. The van der Waals surface area contributed by atoms with Gasteiger partial charge in [-0.2, -0.15) is 5.10 Å². The van der Waals surface area contributed by atoms with Crippen molar-refractivity contribution in [3.63, 3.8) is 0 Å². The van der Waals surface area contributed by atoms with E-state index in [9.17, 15) is 9.18 Å². The van der Waals surface area contributed by atoms with Crippen LogP contribution in [0.5, 0.6) is 0 Å². The van der Waals surface area contributed by atoms with Gasteiger partial charge in [-0.1, -0.05) is 60.7 Å². The summed E-state index contributed by atoms with van der Waals surface area (Å²) in [6.45, 7) is 4.78. The second-order valence-electron chi connectivity index (χ2n) is 10.5. The molecule has 1 fully saturated rings. The first-order chi connectivity index (χ1) is 20.0. The number of aryl methyl sites for hydroxylation is 2. The predicted molar refractivity (Wildman–Crippen MR) is 159 cm³/mol. The number of hydrogen-bond donors (Lipinski definition) is 0. The van der Waals surface area contributed by atoms with E-state index in [-0.39, 0.29) is 11.7 Å². The van der Waals surface area contributed by atoms with Gasteiger partial charge in [-0.3, -0.25) is 4.79 Å². The van der Waals surface area contributed by atoms with E-state index in [2.05, 4.69) is 29.2 Å². The maximum absolute atomic E-state index is 13.7. The molecule has 2 aromatic heterocycles. The molecule has 5 aromatic rings. The summed E-state index contributed by atoms with van der Waals surface area (Å²) in [5.41, 5.74) is 4.55. The van der Waals surface area contributed by atoms with Gasteiger partial charge in [-0.25, -0.2) is 19.0 Å². The molecule has 0 bridgehead atoms. The van der Waals surface area contributed by atoms with Crippen molar-refractivity contribution >= 4 is 22.8 Å². The minimum atomic E-state index is -0.297. The molecule has 41 heavy (non-hydrogen) atoms. The molecule has 3 aromatic carbocycles. The van der Waals surface area contributed by atoms with Gasteiger partial charge in [0.15, 0.2) is 5.65 Å². The second-order valence-corrected chi connectivity index (χ2v) is 10.5. The Bertz CT molecular complexity index is 1640. The van der Waals surface area contributed by atoms with Crippen LogP contribution in [0.1, 0.15) is 35.5 Å². The van der Waals surface area contributed by atoms with Gasteiger partial charge in [0.05, 0.1) is 16.8 Å². The summed E-state index contributed by atoms with van der Waals surface area (Å²) in [6, 6.07) is 26.6. The van der Waals surface area contributed by atoms with Crippen LogP contribution in [0.2, 0.25) is 0 Å². The Balaban J connectivity index is 1.30. The van der Waals surface area contributed by atoms with E-state index in [0.29, 0.717) is 37.4 Å². The Morgan fingerprint density at radius 1 is 0.829 bits per heavy atom. The Morgan fingerprint density at radius 2 is 1.54 bits per heavy atom. The first-order valence-electron chi connectivity index (χ1n) is 14.2. The van der Waals surface area contributed by atoms with Crippen LogP contribution in [-0.2, 0) is 17.6 Å². The third-order valence-corrected chi connectivity index (χ3v) is 7.62. The molecule has 1 aliphatic rings. The average Bonchev–Trinajstić information content (AvgIpc) is 3.16. The van der Waals surface area contributed by atoms with Gasteiger partial charge >= 0.3 is 0 Å². The van der Waals surface area contributed by atoms with Gasteiger partial charge in [-0.05, 0) is 55.2 Å². The van der Waals surface area contributed by atoms with E-state index in [1.165, 1.54) is 17.7 Å². The quantitative estimate of drug-likeness (QED) is 0.268. The van der Waals surface area contributed by atoms with Crippen LogP contribution < -0.4 is 4.90 Å². The maximum atomic E-state index is 13.7. The normalized spacial score (nSPS) is 13.9. The van der Waals surface area contributed by atoms with Crippen molar-refractivity contribution in [2.24, 2.45) is 0 Å². The molecule has 1 aliphatic heterocycles. The molecule has 3 heterocycles. The van der Waals surface area contributed by atoms with Crippen LogP contribution in [0.15, 0.2) is 84.9 Å². The zero-order valence-corrected chi connectivity index (χ0v) is 23.2. The molecule has 0 unspecified atom stereocenters. The standard InChI is InChI=1S/C33H33FN6O/c1-24-31-32(39-20-8-19-38(21-22-39)30(41)18-13-25-9-4-2-5-10-25)35-29(23-26-11-6-3-7-12-26)36-33(31)40(37-24)28-16-14-27(34)15-17-28/h2-7,9-12,14-17H,8,13,18-23H2,1H3. The van der Waals surface area contributed by atoms with E-state index in [0.717, 1.165) is 54.1 Å². The number of amides is 1. The van der Waals surface area contributed by atoms with Crippen molar-refractivity contribution in [1.29, 1.82) is 0 Å². The lowest BCUT2D eigenvalue weighted by Gasteiger charge is -2.24. The molecule has 8 heteroatoms. The van der Waals surface area contributed by atoms with E-state index in [1.807, 2.05) is 48.2 Å². The lowest BCUT2D eigenvalue weighted by Crippen LogP contribution is -2.35. The van der Waals surface area contributed by atoms with Crippen molar-refractivity contribution in [3.8, 4) is 5.69 Å². The van der Waals surface area contributed by atoms with Gasteiger partial charge in [0.2, 0.25) is 5.91 Å². The van der Waals surface area contributed by atoms with Gasteiger partial charge in [-0.15, -0.1) is 0 Å². The second kappa shape index (κ2) is 11.9. The van der Waals surface area contributed by atoms with Crippen molar-refractivity contribution in [2.75, 3.05) is 31.1 Å². The molecule has 1 amide bonds. The third-order valence-electron chi connectivity index (χ3n) is 7.62. The topological polar surface area (TPSA) is 67.2 Å². The van der Waals surface area contributed by atoms with Crippen molar-refractivity contribution in [3.05, 3.63) is 113 Å². The first-order valence-corrected chi connectivity index (χ1v) is 14.2. The number of anilines is 1. The first kappa shape index (κ1) is 26.6. The molecule has 0 radical (unpaired) electrons. The highest BCUT2D eigenvalue weighted by atomic mass is 19.1. The largest absolute Gasteiger partial charge is 0.354 e. The van der Waals surface area contributed by atoms with Gasteiger partial charge < -0.3 is 9.80 Å². The number of aromatic nitrogens is 4. The van der Waals surface area contributed by atoms with Crippen LogP contribution in [0, 0.1) is 12.7 Å². The number of nitrogens with zero attached hydrogens (tertiary/aromatic N) is 6. The molecule has 0 atom stereocenters. The molecule has 0 aliphatic carbocycles. The molecule has 0 saturated carbocycles. The summed E-state index contributed by atoms with van der Waals surface area (Å²) in [6.07, 6.45) is 2.68. The van der Waals surface area contributed by atoms with Gasteiger partial charge in [0.1, 0.15) is 17.5 Å². The zero-order valence-electron chi connectivity index (χ0n) is 23.2. The Hall–Kier alpha value is -4.59. The van der Waals surface area contributed by atoms with Gasteiger partial charge in [0, 0.05) is 39.0 Å². The zero-order chi connectivity index (χ0) is 28.2. The fourth-order valence-electron chi connectivity index (χ4n) is 5.49. The Morgan fingerprint density at radius 3 is 2.27 bits per heavy atom. The van der Waals surface area contributed by atoms with Crippen molar-refractivity contribution in [1.82, 2.24) is 24.6 Å². The number of benzene rings is 3. The monoisotopic (exact) mass is 548 g/mol. The highest BCUT2D eigenvalue weighted by Gasteiger charge is 2.25. The summed E-state index contributed by atoms with van der Waals surface area (Å²) in [7, 11) is 0.